The summed E-state index contributed by atoms with van der Waals surface area (Å²) in [5.74, 6) is 0.702. The van der Waals surface area contributed by atoms with Crippen LogP contribution in [0.25, 0.3) is 0 Å². The van der Waals surface area contributed by atoms with Crippen molar-refractivity contribution in [3.8, 4) is 0 Å². The van der Waals surface area contributed by atoms with Gasteiger partial charge in [0.25, 0.3) is 0 Å². The molecule has 0 bridgehead atoms. The second-order valence-electron chi connectivity index (χ2n) is 5.81. The van der Waals surface area contributed by atoms with Gasteiger partial charge in [-0.1, -0.05) is 26.0 Å². The number of nitrogens with zero attached hydrogens (tertiary/aromatic N) is 1. The number of benzene rings is 1. The van der Waals surface area contributed by atoms with Gasteiger partial charge in [-0.25, -0.2) is 0 Å². The Hall–Kier alpha value is -1.06. The fraction of sp³-hybridized carbons (Fsp3) is 0.625. The molecule has 1 aromatic rings. The normalized spacial score (nSPS) is 20.0. The Morgan fingerprint density at radius 2 is 2.05 bits per heavy atom. The molecule has 3 heteroatoms. The summed E-state index contributed by atoms with van der Waals surface area (Å²) in [6.45, 7) is 11.4. The first-order valence-electron chi connectivity index (χ1n) is 7.31. The topological polar surface area (TPSA) is 24.5 Å². The van der Waals surface area contributed by atoms with E-state index in [9.17, 15) is 0 Å². The predicted molar refractivity (Wildman–Crippen MR) is 80.6 cm³/mol. The van der Waals surface area contributed by atoms with Crippen molar-refractivity contribution in [2.24, 2.45) is 5.92 Å². The van der Waals surface area contributed by atoms with Crippen LogP contribution in [0.2, 0.25) is 0 Å². The standard InChI is InChI=1S/C16H26N2O/c1-13(2)10-17-11-15-4-6-16(7-5-15)18-8-9-19-12-14(18)3/h4-7,13-14,17H,8-12H2,1-3H3. The summed E-state index contributed by atoms with van der Waals surface area (Å²) in [6.07, 6.45) is 0. The molecule has 0 aromatic heterocycles. The minimum absolute atomic E-state index is 0.471. The van der Waals surface area contributed by atoms with E-state index in [4.69, 9.17) is 4.74 Å². The number of rotatable bonds is 5. The lowest BCUT2D eigenvalue weighted by Gasteiger charge is -2.35. The van der Waals surface area contributed by atoms with Gasteiger partial charge in [-0.05, 0) is 37.1 Å². The monoisotopic (exact) mass is 262 g/mol. The Morgan fingerprint density at radius 1 is 1.32 bits per heavy atom. The van der Waals surface area contributed by atoms with Crippen molar-refractivity contribution < 1.29 is 4.74 Å². The van der Waals surface area contributed by atoms with E-state index < -0.39 is 0 Å². The zero-order valence-corrected chi connectivity index (χ0v) is 12.4. The van der Waals surface area contributed by atoms with Crippen molar-refractivity contribution in [1.82, 2.24) is 5.32 Å². The maximum Gasteiger partial charge on any atom is 0.0668 e. The van der Waals surface area contributed by atoms with Crippen LogP contribution in [0.15, 0.2) is 24.3 Å². The molecule has 0 aliphatic carbocycles. The Balaban J connectivity index is 1.90. The Morgan fingerprint density at radius 3 is 2.68 bits per heavy atom. The summed E-state index contributed by atoms with van der Waals surface area (Å²) >= 11 is 0. The quantitative estimate of drug-likeness (QED) is 0.883. The molecule has 19 heavy (non-hydrogen) atoms. The molecule has 1 aliphatic rings. The highest BCUT2D eigenvalue weighted by atomic mass is 16.5. The highest BCUT2D eigenvalue weighted by Crippen LogP contribution is 2.20. The van der Waals surface area contributed by atoms with Gasteiger partial charge in [-0.3, -0.25) is 0 Å². The Bertz CT molecular complexity index is 375. The minimum atomic E-state index is 0.471. The Kier molecular flexibility index (Phi) is 5.23. The van der Waals surface area contributed by atoms with Gasteiger partial charge in [0.05, 0.1) is 13.2 Å². The lowest BCUT2D eigenvalue weighted by atomic mass is 10.1. The van der Waals surface area contributed by atoms with Crippen molar-refractivity contribution in [3.63, 3.8) is 0 Å². The second kappa shape index (κ2) is 6.92. The highest BCUT2D eigenvalue weighted by Gasteiger charge is 2.18. The maximum absolute atomic E-state index is 5.48. The molecule has 1 heterocycles. The molecule has 0 spiro atoms. The molecule has 1 atom stereocenters. The van der Waals surface area contributed by atoms with E-state index in [1.807, 2.05) is 0 Å². The molecular formula is C16H26N2O. The van der Waals surface area contributed by atoms with Crippen LogP contribution in [0.5, 0.6) is 0 Å². The molecule has 3 nitrogen and oxygen atoms in total. The third kappa shape index (κ3) is 4.22. The van der Waals surface area contributed by atoms with Crippen LogP contribution < -0.4 is 10.2 Å². The molecular weight excluding hydrogens is 236 g/mol. The number of nitrogens with one attached hydrogen (secondary N) is 1. The van der Waals surface area contributed by atoms with E-state index in [0.717, 1.165) is 32.8 Å². The SMILES string of the molecule is CC(C)CNCc1ccc(N2CCOCC2C)cc1. The summed E-state index contributed by atoms with van der Waals surface area (Å²) in [4.78, 5) is 2.43. The van der Waals surface area contributed by atoms with Crippen LogP contribution in [-0.2, 0) is 11.3 Å². The van der Waals surface area contributed by atoms with Crippen molar-refractivity contribution in [1.29, 1.82) is 0 Å². The average molecular weight is 262 g/mol. The molecule has 0 amide bonds. The van der Waals surface area contributed by atoms with E-state index in [1.165, 1.54) is 11.3 Å². The lowest BCUT2D eigenvalue weighted by Crippen LogP contribution is -2.43. The molecule has 1 N–H and O–H groups in total. The molecule has 1 aliphatic heterocycles. The molecule has 1 aromatic carbocycles. The lowest BCUT2D eigenvalue weighted by molar-refractivity contribution is 0.0989. The number of morpholine rings is 1. The first-order valence-corrected chi connectivity index (χ1v) is 7.31. The predicted octanol–water partition coefficient (Wildman–Crippen LogP) is 2.66. The van der Waals surface area contributed by atoms with E-state index in [2.05, 4.69) is 55.3 Å². The van der Waals surface area contributed by atoms with Crippen molar-refractivity contribution in [2.45, 2.75) is 33.4 Å². The van der Waals surface area contributed by atoms with Gasteiger partial charge < -0.3 is 15.0 Å². The summed E-state index contributed by atoms with van der Waals surface area (Å²) in [5.41, 5.74) is 2.66. The summed E-state index contributed by atoms with van der Waals surface area (Å²) in [5, 5.41) is 3.48. The number of ether oxygens (including phenoxy) is 1. The Labute approximate surface area is 116 Å². The van der Waals surface area contributed by atoms with Crippen LogP contribution in [-0.4, -0.2) is 32.3 Å². The van der Waals surface area contributed by atoms with E-state index in [1.54, 1.807) is 0 Å². The molecule has 106 valence electrons. The van der Waals surface area contributed by atoms with Gasteiger partial charge in [-0.15, -0.1) is 0 Å². The number of hydrogen-bond acceptors (Lipinski definition) is 3. The van der Waals surface area contributed by atoms with Gasteiger partial charge in [0.15, 0.2) is 0 Å². The van der Waals surface area contributed by atoms with E-state index in [-0.39, 0.29) is 0 Å². The molecule has 0 radical (unpaired) electrons. The van der Waals surface area contributed by atoms with Crippen molar-refractivity contribution >= 4 is 5.69 Å². The summed E-state index contributed by atoms with van der Waals surface area (Å²) in [7, 11) is 0. The smallest absolute Gasteiger partial charge is 0.0668 e. The van der Waals surface area contributed by atoms with Crippen molar-refractivity contribution in [2.75, 3.05) is 31.2 Å². The third-order valence-corrected chi connectivity index (χ3v) is 3.52. The van der Waals surface area contributed by atoms with Gasteiger partial charge in [-0.2, -0.15) is 0 Å². The first-order chi connectivity index (χ1) is 9.16. The van der Waals surface area contributed by atoms with Gasteiger partial charge in [0.1, 0.15) is 0 Å². The zero-order valence-electron chi connectivity index (χ0n) is 12.4. The second-order valence-corrected chi connectivity index (χ2v) is 5.81. The van der Waals surface area contributed by atoms with Crippen LogP contribution in [0.3, 0.4) is 0 Å². The number of anilines is 1. The number of hydrogen-bond donors (Lipinski definition) is 1. The molecule has 1 fully saturated rings. The zero-order chi connectivity index (χ0) is 13.7. The average Bonchev–Trinajstić information content (AvgIpc) is 2.40. The highest BCUT2D eigenvalue weighted by molar-refractivity contribution is 5.48. The van der Waals surface area contributed by atoms with Crippen LogP contribution in [0.4, 0.5) is 5.69 Å². The van der Waals surface area contributed by atoms with Crippen LogP contribution in [0.1, 0.15) is 26.3 Å². The molecule has 1 unspecified atom stereocenters. The van der Waals surface area contributed by atoms with Crippen LogP contribution >= 0.6 is 0 Å². The van der Waals surface area contributed by atoms with E-state index >= 15 is 0 Å². The fourth-order valence-corrected chi connectivity index (χ4v) is 2.42. The van der Waals surface area contributed by atoms with Gasteiger partial charge in [0.2, 0.25) is 0 Å². The third-order valence-electron chi connectivity index (χ3n) is 3.52. The molecule has 0 saturated carbocycles. The molecule has 1 saturated heterocycles. The van der Waals surface area contributed by atoms with Gasteiger partial charge >= 0.3 is 0 Å². The largest absolute Gasteiger partial charge is 0.377 e. The maximum atomic E-state index is 5.48. The minimum Gasteiger partial charge on any atom is -0.377 e. The molecule has 2 rings (SSSR count). The van der Waals surface area contributed by atoms with Gasteiger partial charge in [0, 0.05) is 24.8 Å². The van der Waals surface area contributed by atoms with Crippen molar-refractivity contribution in [3.05, 3.63) is 29.8 Å². The van der Waals surface area contributed by atoms with Crippen LogP contribution in [0, 0.1) is 5.92 Å². The first kappa shape index (κ1) is 14.4. The summed E-state index contributed by atoms with van der Waals surface area (Å²) in [6, 6.07) is 9.39. The summed E-state index contributed by atoms with van der Waals surface area (Å²) < 4.78 is 5.48. The fourth-order valence-electron chi connectivity index (χ4n) is 2.42. The van der Waals surface area contributed by atoms with E-state index in [0.29, 0.717) is 12.0 Å².